The smallest absolute Gasteiger partial charge is 0.277 e. The zero-order valence-corrected chi connectivity index (χ0v) is 13.0. The molecule has 2 aromatic rings. The maximum atomic E-state index is 12.6. The zero-order chi connectivity index (χ0) is 15.9. The lowest BCUT2D eigenvalue weighted by Crippen LogP contribution is -2.21. The Bertz CT molecular complexity index is 888. The Balaban J connectivity index is 2.73. The molecule has 1 heterocycles. The molecule has 0 saturated carbocycles. The number of nitrogens with one attached hydrogen (secondary N) is 1. The second-order valence-corrected chi connectivity index (χ2v) is 7.06. The van der Waals surface area contributed by atoms with Gasteiger partial charge in [0.15, 0.2) is 9.84 Å². The molecule has 0 aliphatic carbocycles. The lowest BCUT2D eigenvalue weighted by atomic mass is 10.0. The van der Waals surface area contributed by atoms with Crippen LogP contribution in [0.15, 0.2) is 27.9 Å². The summed E-state index contributed by atoms with van der Waals surface area (Å²) in [5.74, 6) is -0.588. The average Bonchev–Trinajstić information content (AvgIpc) is 2.61. The third-order valence-corrected chi connectivity index (χ3v) is 4.37. The highest BCUT2D eigenvalue weighted by Crippen LogP contribution is 2.20. The van der Waals surface area contributed by atoms with E-state index in [-0.39, 0.29) is 16.0 Å². The molecule has 0 bridgehead atoms. The van der Waals surface area contributed by atoms with Crippen molar-refractivity contribution in [1.29, 1.82) is 0 Å². The van der Waals surface area contributed by atoms with Crippen LogP contribution in [0.3, 0.4) is 0 Å². The lowest BCUT2D eigenvalue weighted by molar-refractivity contribution is 0.103. The van der Waals surface area contributed by atoms with Gasteiger partial charge in [0, 0.05) is 24.6 Å². The maximum Gasteiger partial charge on any atom is 0.277 e. The Morgan fingerprint density at radius 1 is 1.24 bits per heavy atom. The minimum Gasteiger partial charge on any atom is -0.299 e. The Morgan fingerprint density at radius 2 is 1.86 bits per heavy atom. The fourth-order valence-electron chi connectivity index (χ4n) is 2.21. The van der Waals surface area contributed by atoms with Crippen LogP contribution >= 0.6 is 0 Å². The summed E-state index contributed by atoms with van der Waals surface area (Å²) in [5, 5.41) is 2.73. The van der Waals surface area contributed by atoms with E-state index in [0.29, 0.717) is 5.69 Å². The van der Waals surface area contributed by atoms with E-state index in [1.165, 1.54) is 23.9 Å². The summed E-state index contributed by atoms with van der Waals surface area (Å²) >= 11 is 0. The monoisotopic (exact) mass is 308 g/mol. The number of ketones is 1. The number of sulfone groups is 1. The van der Waals surface area contributed by atoms with Crippen molar-refractivity contribution < 1.29 is 13.2 Å². The van der Waals surface area contributed by atoms with Crippen molar-refractivity contribution in [3.05, 3.63) is 50.9 Å². The second kappa shape index (κ2) is 5.00. The summed E-state index contributed by atoms with van der Waals surface area (Å²) < 4.78 is 24.9. The molecule has 0 atom stereocenters. The molecule has 7 heteroatoms. The van der Waals surface area contributed by atoms with Crippen LogP contribution in [0.4, 0.5) is 0 Å². The molecule has 1 aromatic heterocycles. The Hall–Kier alpha value is -2.15. The molecule has 2 rings (SSSR count). The summed E-state index contributed by atoms with van der Waals surface area (Å²) in [6.45, 7) is 3.34. The standard InChI is InChI=1S/C14H16N2O4S/c1-8-5-6-10(11(7-8)21(4,19)20)13(17)12-9(2)15-16(3)14(12)18/h5-7,15H,1-4H3. The first-order valence-corrected chi connectivity index (χ1v) is 8.13. The first-order chi connectivity index (χ1) is 9.62. The number of rotatable bonds is 3. The van der Waals surface area contributed by atoms with Crippen molar-refractivity contribution in [3.63, 3.8) is 0 Å². The van der Waals surface area contributed by atoms with E-state index in [0.717, 1.165) is 11.8 Å². The van der Waals surface area contributed by atoms with E-state index >= 15 is 0 Å². The number of carbonyl (C=O) groups excluding carboxylic acids is 1. The van der Waals surface area contributed by atoms with E-state index in [2.05, 4.69) is 5.10 Å². The second-order valence-electron chi connectivity index (χ2n) is 5.08. The first kappa shape index (κ1) is 15.2. The quantitative estimate of drug-likeness (QED) is 0.855. The summed E-state index contributed by atoms with van der Waals surface area (Å²) in [7, 11) is -2.07. The van der Waals surface area contributed by atoms with E-state index in [4.69, 9.17) is 0 Å². The normalized spacial score (nSPS) is 11.6. The van der Waals surface area contributed by atoms with Gasteiger partial charge in [0.1, 0.15) is 5.56 Å². The van der Waals surface area contributed by atoms with E-state index in [1.807, 2.05) is 0 Å². The van der Waals surface area contributed by atoms with Crippen molar-refractivity contribution >= 4 is 15.6 Å². The fourth-order valence-corrected chi connectivity index (χ4v) is 3.17. The number of aromatic nitrogens is 2. The Kier molecular flexibility index (Phi) is 3.63. The van der Waals surface area contributed by atoms with Crippen molar-refractivity contribution in [3.8, 4) is 0 Å². The molecule has 0 radical (unpaired) electrons. The van der Waals surface area contributed by atoms with Gasteiger partial charge < -0.3 is 0 Å². The number of H-pyrrole nitrogens is 1. The maximum absolute atomic E-state index is 12.6. The van der Waals surface area contributed by atoms with Gasteiger partial charge in [-0.2, -0.15) is 0 Å². The Labute approximate surface area is 122 Å². The Morgan fingerprint density at radius 3 is 2.33 bits per heavy atom. The molecule has 0 spiro atoms. The van der Waals surface area contributed by atoms with E-state index < -0.39 is 21.2 Å². The van der Waals surface area contributed by atoms with Gasteiger partial charge in [-0.15, -0.1) is 0 Å². The van der Waals surface area contributed by atoms with Gasteiger partial charge in [-0.3, -0.25) is 19.4 Å². The average molecular weight is 308 g/mol. The van der Waals surface area contributed by atoms with Crippen LogP contribution in [0.1, 0.15) is 27.2 Å². The number of benzene rings is 1. The largest absolute Gasteiger partial charge is 0.299 e. The molecule has 1 N–H and O–H groups in total. The van der Waals surface area contributed by atoms with Crippen molar-refractivity contribution in [2.75, 3.05) is 6.26 Å². The molecule has 0 aliphatic rings. The number of nitrogens with zero attached hydrogens (tertiary/aromatic N) is 1. The third-order valence-electron chi connectivity index (χ3n) is 3.24. The van der Waals surface area contributed by atoms with Crippen molar-refractivity contribution in [2.45, 2.75) is 18.7 Å². The van der Waals surface area contributed by atoms with Crippen LogP contribution in [-0.2, 0) is 16.9 Å². The zero-order valence-electron chi connectivity index (χ0n) is 12.2. The van der Waals surface area contributed by atoms with E-state index in [9.17, 15) is 18.0 Å². The molecule has 1 aromatic carbocycles. The van der Waals surface area contributed by atoms with Crippen molar-refractivity contribution in [2.24, 2.45) is 7.05 Å². The van der Waals surface area contributed by atoms with Crippen LogP contribution in [0.25, 0.3) is 0 Å². The van der Waals surface area contributed by atoms with Gasteiger partial charge in [-0.1, -0.05) is 6.07 Å². The highest BCUT2D eigenvalue weighted by molar-refractivity contribution is 7.90. The predicted octanol–water partition coefficient (Wildman–Crippen LogP) is 0.965. The van der Waals surface area contributed by atoms with Gasteiger partial charge in [0.05, 0.1) is 4.90 Å². The van der Waals surface area contributed by atoms with Crippen LogP contribution < -0.4 is 5.56 Å². The van der Waals surface area contributed by atoms with Crippen molar-refractivity contribution in [1.82, 2.24) is 9.78 Å². The molecule has 0 amide bonds. The molecule has 112 valence electrons. The van der Waals surface area contributed by atoms with E-state index in [1.54, 1.807) is 19.9 Å². The molecule has 0 unspecified atom stereocenters. The number of aryl methyl sites for hydroxylation is 3. The van der Waals surface area contributed by atoms with Gasteiger partial charge in [0.2, 0.25) is 5.78 Å². The minimum absolute atomic E-state index is 0.0166. The highest BCUT2D eigenvalue weighted by atomic mass is 32.2. The lowest BCUT2D eigenvalue weighted by Gasteiger charge is -2.07. The molecule has 0 saturated heterocycles. The van der Waals surface area contributed by atoms with Gasteiger partial charge in [-0.25, -0.2) is 8.42 Å². The van der Waals surface area contributed by atoms with Crippen LogP contribution in [0.2, 0.25) is 0 Å². The number of aromatic amines is 1. The summed E-state index contributed by atoms with van der Waals surface area (Å²) in [6, 6.07) is 4.53. The molecule has 21 heavy (non-hydrogen) atoms. The van der Waals surface area contributed by atoms with Gasteiger partial charge in [-0.05, 0) is 31.5 Å². The molecule has 0 fully saturated rings. The minimum atomic E-state index is -3.57. The summed E-state index contributed by atoms with van der Waals surface area (Å²) in [4.78, 5) is 24.5. The number of carbonyl (C=O) groups is 1. The molecule has 0 aliphatic heterocycles. The van der Waals surface area contributed by atoms with Crippen LogP contribution in [-0.4, -0.2) is 30.2 Å². The molecule has 6 nitrogen and oxygen atoms in total. The summed E-state index contributed by atoms with van der Waals surface area (Å²) in [5.41, 5.74) is 0.643. The summed E-state index contributed by atoms with van der Waals surface area (Å²) in [6.07, 6.45) is 1.04. The molecular weight excluding hydrogens is 292 g/mol. The fraction of sp³-hybridized carbons (Fsp3) is 0.286. The number of hydrogen-bond donors (Lipinski definition) is 1. The molecular formula is C14H16N2O4S. The third kappa shape index (κ3) is 2.69. The number of hydrogen-bond acceptors (Lipinski definition) is 4. The van der Waals surface area contributed by atoms with Gasteiger partial charge in [0.25, 0.3) is 5.56 Å². The first-order valence-electron chi connectivity index (χ1n) is 6.24. The SMILES string of the molecule is Cc1ccc(C(=O)c2c(C)[nH]n(C)c2=O)c(S(C)(=O)=O)c1. The van der Waals surface area contributed by atoms with Crippen LogP contribution in [0, 0.1) is 13.8 Å². The highest BCUT2D eigenvalue weighted by Gasteiger charge is 2.24. The predicted molar refractivity (Wildman–Crippen MR) is 78.5 cm³/mol. The van der Waals surface area contributed by atoms with Gasteiger partial charge >= 0.3 is 0 Å². The topological polar surface area (TPSA) is 89.0 Å². The van der Waals surface area contributed by atoms with Crippen LogP contribution in [0.5, 0.6) is 0 Å².